The number of ether oxygens (including phenoxy) is 1. The van der Waals surface area contributed by atoms with Crippen molar-refractivity contribution in [3.05, 3.63) is 0 Å². The standard InChI is InChI=1S/C10H14N2O6/c1-5(13)11-8(16)10(4,18-7(3)15)9(17)12-6(2)14/h1-4H3,(H,11,13,16)(H,12,14,17). The Morgan fingerprint density at radius 1 is 0.833 bits per heavy atom. The molecule has 0 saturated heterocycles. The number of carbonyl (C=O) groups excluding carboxylic acids is 5. The molecule has 0 aromatic heterocycles. The number of hydrogen-bond donors (Lipinski definition) is 2. The van der Waals surface area contributed by atoms with Crippen LogP contribution in [0.25, 0.3) is 0 Å². The molecule has 0 unspecified atom stereocenters. The topological polar surface area (TPSA) is 119 Å². The zero-order valence-corrected chi connectivity index (χ0v) is 10.4. The number of rotatable bonds is 3. The Hall–Kier alpha value is -2.25. The normalized spacial score (nSPS) is 10.2. The van der Waals surface area contributed by atoms with Crippen molar-refractivity contribution in [2.75, 3.05) is 0 Å². The summed E-state index contributed by atoms with van der Waals surface area (Å²) in [7, 11) is 0. The van der Waals surface area contributed by atoms with Gasteiger partial charge in [0.15, 0.2) is 0 Å². The summed E-state index contributed by atoms with van der Waals surface area (Å²) in [6, 6.07) is 0. The number of esters is 1. The monoisotopic (exact) mass is 258 g/mol. The van der Waals surface area contributed by atoms with Crippen molar-refractivity contribution >= 4 is 29.6 Å². The van der Waals surface area contributed by atoms with Crippen LogP contribution in [-0.4, -0.2) is 35.2 Å². The summed E-state index contributed by atoms with van der Waals surface area (Å²) in [6.45, 7) is 4.06. The lowest BCUT2D eigenvalue weighted by molar-refractivity contribution is -0.172. The van der Waals surface area contributed by atoms with Gasteiger partial charge in [0.1, 0.15) is 0 Å². The van der Waals surface area contributed by atoms with E-state index in [-0.39, 0.29) is 0 Å². The predicted octanol–water partition coefficient (Wildman–Crippen LogP) is -1.37. The minimum absolute atomic E-state index is 0.728. The molecule has 0 aliphatic heterocycles. The van der Waals surface area contributed by atoms with Crippen LogP contribution in [0, 0.1) is 0 Å². The molecule has 0 saturated carbocycles. The molecule has 0 atom stereocenters. The molecule has 0 aromatic carbocycles. The average Bonchev–Trinajstić information content (AvgIpc) is 2.13. The Labute approximate surface area is 103 Å². The summed E-state index contributed by atoms with van der Waals surface area (Å²) in [5.74, 6) is -4.63. The Balaban J connectivity index is 5.21. The number of imide groups is 2. The van der Waals surface area contributed by atoms with Crippen LogP contribution < -0.4 is 10.6 Å². The van der Waals surface area contributed by atoms with Crippen LogP contribution in [0.15, 0.2) is 0 Å². The van der Waals surface area contributed by atoms with Crippen LogP contribution in [0.5, 0.6) is 0 Å². The largest absolute Gasteiger partial charge is 0.439 e. The fourth-order valence-corrected chi connectivity index (χ4v) is 1.04. The Bertz CT molecular complexity index is 387. The maximum Gasteiger partial charge on any atom is 0.304 e. The molecular formula is C10H14N2O6. The van der Waals surface area contributed by atoms with Crippen molar-refractivity contribution in [3.8, 4) is 0 Å². The van der Waals surface area contributed by atoms with Gasteiger partial charge in [-0.05, 0) is 6.92 Å². The zero-order chi connectivity index (χ0) is 14.5. The van der Waals surface area contributed by atoms with Gasteiger partial charge >= 0.3 is 5.97 Å². The van der Waals surface area contributed by atoms with E-state index in [1.807, 2.05) is 10.6 Å². The lowest BCUT2D eigenvalue weighted by Crippen LogP contribution is -2.58. The molecule has 0 aliphatic rings. The predicted molar refractivity (Wildman–Crippen MR) is 57.8 cm³/mol. The molecule has 0 aliphatic carbocycles. The van der Waals surface area contributed by atoms with Crippen molar-refractivity contribution in [1.82, 2.24) is 10.6 Å². The Morgan fingerprint density at radius 3 is 1.39 bits per heavy atom. The van der Waals surface area contributed by atoms with Gasteiger partial charge in [-0.1, -0.05) is 0 Å². The SMILES string of the molecule is CC(=O)NC(=O)C(C)(OC(C)=O)C(=O)NC(C)=O. The van der Waals surface area contributed by atoms with Crippen molar-refractivity contribution < 1.29 is 28.7 Å². The van der Waals surface area contributed by atoms with Gasteiger partial charge < -0.3 is 4.74 Å². The van der Waals surface area contributed by atoms with E-state index in [0.717, 1.165) is 27.7 Å². The highest BCUT2D eigenvalue weighted by molar-refractivity contribution is 6.16. The molecule has 0 bridgehead atoms. The van der Waals surface area contributed by atoms with E-state index >= 15 is 0 Å². The molecule has 8 heteroatoms. The van der Waals surface area contributed by atoms with Crippen molar-refractivity contribution in [2.24, 2.45) is 0 Å². The molecule has 18 heavy (non-hydrogen) atoms. The third kappa shape index (κ3) is 4.32. The van der Waals surface area contributed by atoms with E-state index in [1.165, 1.54) is 0 Å². The van der Waals surface area contributed by atoms with E-state index < -0.39 is 35.2 Å². The van der Waals surface area contributed by atoms with Crippen LogP contribution in [0.4, 0.5) is 0 Å². The van der Waals surface area contributed by atoms with Crippen LogP contribution in [-0.2, 0) is 28.7 Å². The molecule has 100 valence electrons. The van der Waals surface area contributed by atoms with Gasteiger partial charge in [0.05, 0.1) is 0 Å². The van der Waals surface area contributed by atoms with Crippen molar-refractivity contribution in [2.45, 2.75) is 33.3 Å². The molecule has 0 radical (unpaired) electrons. The fourth-order valence-electron chi connectivity index (χ4n) is 1.04. The summed E-state index contributed by atoms with van der Waals surface area (Å²) in [4.78, 5) is 55.7. The number of carbonyl (C=O) groups is 5. The van der Waals surface area contributed by atoms with Crippen LogP contribution in [0.1, 0.15) is 27.7 Å². The van der Waals surface area contributed by atoms with E-state index in [4.69, 9.17) is 0 Å². The number of amides is 4. The van der Waals surface area contributed by atoms with Gasteiger partial charge in [0, 0.05) is 20.8 Å². The first kappa shape index (κ1) is 15.8. The van der Waals surface area contributed by atoms with Crippen LogP contribution >= 0.6 is 0 Å². The molecular weight excluding hydrogens is 244 g/mol. The van der Waals surface area contributed by atoms with Gasteiger partial charge in [-0.25, -0.2) is 0 Å². The molecule has 4 amide bonds. The summed E-state index contributed by atoms with van der Waals surface area (Å²) in [5.41, 5.74) is -2.29. The summed E-state index contributed by atoms with van der Waals surface area (Å²) in [6.07, 6.45) is 0. The lowest BCUT2D eigenvalue weighted by Gasteiger charge is -2.25. The van der Waals surface area contributed by atoms with Crippen molar-refractivity contribution in [3.63, 3.8) is 0 Å². The zero-order valence-electron chi connectivity index (χ0n) is 10.4. The van der Waals surface area contributed by atoms with Gasteiger partial charge in [-0.15, -0.1) is 0 Å². The second-order valence-corrected chi connectivity index (χ2v) is 3.65. The van der Waals surface area contributed by atoms with E-state index in [1.54, 1.807) is 0 Å². The van der Waals surface area contributed by atoms with E-state index in [9.17, 15) is 24.0 Å². The van der Waals surface area contributed by atoms with Crippen LogP contribution in [0.3, 0.4) is 0 Å². The van der Waals surface area contributed by atoms with Gasteiger partial charge in [0.2, 0.25) is 11.8 Å². The summed E-state index contributed by atoms with van der Waals surface area (Å²) < 4.78 is 4.60. The summed E-state index contributed by atoms with van der Waals surface area (Å²) in [5, 5.41) is 3.63. The molecule has 8 nitrogen and oxygen atoms in total. The van der Waals surface area contributed by atoms with Crippen LogP contribution in [0.2, 0.25) is 0 Å². The minimum atomic E-state index is -2.29. The van der Waals surface area contributed by atoms with Gasteiger partial charge in [-0.2, -0.15) is 0 Å². The quantitative estimate of drug-likeness (QED) is 0.476. The maximum absolute atomic E-state index is 11.7. The molecule has 0 aromatic rings. The highest BCUT2D eigenvalue weighted by Gasteiger charge is 2.45. The third-order valence-corrected chi connectivity index (χ3v) is 1.79. The van der Waals surface area contributed by atoms with Gasteiger partial charge in [-0.3, -0.25) is 34.6 Å². The number of hydrogen-bond acceptors (Lipinski definition) is 6. The van der Waals surface area contributed by atoms with Crippen molar-refractivity contribution in [1.29, 1.82) is 0 Å². The van der Waals surface area contributed by atoms with Gasteiger partial charge in [0.25, 0.3) is 17.4 Å². The van der Waals surface area contributed by atoms with E-state index in [0.29, 0.717) is 0 Å². The second kappa shape index (κ2) is 5.89. The second-order valence-electron chi connectivity index (χ2n) is 3.65. The maximum atomic E-state index is 11.7. The first-order valence-corrected chi connectivity index (χ1v) is 4.93. The molecule has 0 heterocycles. The Kier molecular flexibility index (Phi) is 5.16. The average molecular weight is 258 g/mol. The van der Waals surface area contributed by atoms with E-state index in [2.05, 4.69) is 4.74 Å². The minimum Gasteiger partial charge on any atom is -0.439 e. The summed E-state index contributed by atoms with van der Waals surface area (Å²) >= 11 is 0. The molecule has 0 spiro atoms. The molecule has 0 fully saturated rings. The molecule has 0 rings (SSSR count). The number of nitrogens with one attached hydrogen (secondary N) is 2. The first-order valence-electron chi connectivity index (χ1n) is 4.93. The smallest absolute Gasteiger partial charge is 0.304 e. The molecule has 2 N–H and O–H groups in total. The third-order valence-electron chi connectivity index (χ3n) is 1.79. The fraction of sp³-hybridized carbons (Fsp3) is 0.500. The Morgan fingerprint density at radius 2 is 1.17 bits per heavy atom. The lowest BCUT2D eigenvalue weighted by atomic mass is 10.0. The highest BCUT2D eigenvalue weighted by atomic mass is 16.6. The first-order chi connectivity index (χ1) is 8.09. The highest BCUT2D eigenvalue weighted by Crippen LogP contribution is 2.12.